The first-order valence-corrected chi connectivity index (χ1v) is 5.95. The molecule has 0 radical (unpaired) electrons. The molecule has 3 nitrogen and oxygen atoms in total. The number of nitrogens with zero attached hydrogens (tertiary/aromatic N) is 1. The summed E-state index contributed by atoms with van der Waals surface area (Å²) in [5.74, 6) is 0. The number of anilines is 2. The lowest BCUT2D eigenvalue weighted by atomic mass is 10.2. The second-order valence-corrected chi connectivity index (χ2v) is 4.24. The molecule has 0 bridgehead atoms. The zero-order chi connectivity index (χ0) is 11.4. The molecule has 0 amide bonds. The molecule has 1 aliphatic rings. The maximum absolute atomic E-state index is 5.38. The van der Waals surface area contributed by atoms with Crippen LogP contribution in [-0.4, -0.2) is 32.8 Å². The molecule has 0 aliphatic carbocycles. The van der Waals surface area contributed by atoms with Gasteiger partial charge in [0.1, 0.15) is 0 Å². The van der Waals surface area contributed by atoms with E-state index in [1.165, 1.54) is 11.4 Å². The molecule has 0 aromatic heterocycles. The van der Waals surface area contributed by atoms with Crippen LogP contribution in [0.3, 0.4) is 0 Å². The minimum Gasteiger partial charge on any atom is -0.379 e. The SMILES string of the molecule is CCN(C)c1ccccc1NC1CCOC1. The smallest absolute Gasteiger partial charge is 0.0668 e. The van der Waals surface area contributed by atoms with E-state index in [1.54, 1.807) is 0 Å². The number of rotatable bonds is 4. The molecule has 1 aromatic carbocycles. The van der Waals surface area contributed by atoms with E-state index in [4.69, 9.17) is 4.74 Å². The molecule has 2 rings (SSSR count). The Morgan fingerprint density at radius 2 is 2.25 bits per heavy atom. The Morgan fingerprint density at radius 3 is 2.94 bits per heavy atom. The van der Waals surface area contributed by atoms with Crippen molar-refractivity contribution in [2.75, 3.05) is 37.0 Å². The van der Waals surface area contributed by atoms with E-state index in [9.17, 15) is 0 Å². The second kappa shape index (κ2) is 5.21. The molecule has 1 aromatic rings. The van der Waals surface area contributed by atoms with Crippen molar-refractivity contribution in [2.24, 2.45) is 0 Å². The van der Waals surface area contributed by atoms with Crippen LogP contribution < -0.4 is 10.2 Å². The Balaban J connectivity index is 2.12. The summed E-state index contributed by atoms with van der Waals surface area (Å²) in [6.45, 7) is 4.88. The van der Waals surface area contributed by atoms with E-state index < -0.39 is 0 Å². The molecule has 88 valence electrons. The summed E-state index contributed by atoms with van der Waals surface area (Å²) in [7, 11) is 2.12. The van der Waals surface area contributed by atoms with Crippen LogP contribution in [-0.2, 0) is 4.74 Å². The molecule has 0 saturated carbocycles. The van der Waals surface area contributed by atoms with Crippen LogP contribution in [0.1, 0.15) is 13.3 Å². The number of para-hydroxylation sites is 2. The van der Waals surface area contributed by atoms with Crippen molar-refractivity contribution in [3.63, 3.8) is 0 Å². The number of ether oxygens (including phenoxy) is 1. The Hall–Kier alpha value is -1.22. The number of hydrogen-bond acceptors (Lipinski definition) is 3. The second-order valence-electron chi connectivity index (χ2n) is 4.24. The lowest BCUT2D eigenvalue weighted by Crippen LogP contribution is -2.22. The van der Waals surface area contributed by atoms with Crippen LogP contribution in [0, 0.1) is 0 Å². The topological polar surface area (TPSA) is 24.5 Å². The molecular formula is C13H20N2O. The molecule has 1 fully saturated rings. The molecule has 1 saturated heterocycles. The third-order valence-electron chi connectivity index (χ3n) is 3.08. The van der Waals surface area contributed by atoms with E-state index in [-0.39, 0.29) is 0 Å². The van der Waals surface area contributed by atoms with Gasteiger partial charge in [-0.1, -0.05) is 12.1 Å². The molecule has 1 aliphatic heterocycles. The van der Waals surface area contributed by atoms with Crippen LogP contribution in [0.2, 0.25) is 0 Å². The number of nitrogens with one attached hydrogen (secondary N) is 1. The Bertz CT molecular complexity index is 334. The highest BCUT2D eigenvalue weighted by Crippen LogP contribution is 2.26. The van der Waals surface area contributed by atoms with Gasteiger partial charge in [0.05, 0.1) is 24.0 Å². The lowest BCUT2D eigenvalue weighted by Gasteiger charge is -2.23. The van der Waals surface area contributed by atoms with Gasteiger partial charge in [-0.2, -0.15) is 0 Å². The molecule has 0 spiro atoms. The van der Waals surface area contributed by atoms with Crippen LogP contribution in [0.5, 0.6) is 0 Å². The highest BCUT2D eigenvalue weighted by Gasteiger charge is 2.16. The summed E-state index contributed by atoms with van der Waals surface area (Å²) in [6, 6.07) is 8.91. The predicted molar refractivity (Wildman–Crippen MR) is 68.2 cm³/mol. The minimum atomic E-state index is 0.464. The minimum absolute atomic E-state index is 0.464. The Morgan fingerprint density at radius 1 is 1.44 bits per heavy atom. The first kappa shape index (κ1) is 11.3. The van der Waals surface area contributed by atoms with Crippen molar-refractivity contribution in [3.8, 4) is 0 Å². The van der Waals surface area contributed by atoms with Gasteiger partial charge in [-0.05, 0) is 25.5 Å². The highest BCUT2D eigenvalue weighted by atomic mass is 16.5. The summed E-state index contributed by atoms with van der Waals surface area (Å²) in [6.07, 6.45) is 1.10. The summed E-state index contributed by atoms with van der Waals surface area (Å²) in [5.41, 5.74) is 2.47. The third-order valence-corrected chi connectivity index (χ3v) is 3.08. The van der Waals surface area contributed by atoms with Crippen molar-refractivity contribution < 1.29 is 4.74 Å². The van der Waals surface area contributed by atoms with Gasteiger partial charge in [-0.25, -0.2) is 0 Å². The van der Waals surface area contributed by atoms with E-state index >= 15 is 0 Å². The number of hydrogen-bond donors (Lipinski definition) is 1. The summed E-state index contributed by atoms with van der Waals surface area (Å²) >= 11 is 0. The van der Waals surface area contributed by atoms with Crippen LogP contribution in [0.4, 0.5) is 11.4 Å². The van der Waals surface area contributed by atoms with Crippen molar-refractivity contribution in [1.29, 1.82) is 0 Å². The van der Waals surface area contributed by atoms with Crippen molar-refractivity contribution in [1.82, 2.24) is 0 Å². The van der Waals surface area contributed by atoms with Crippen LogP contribution >= 0.6 is 0 Å². The fourth-order valence-corrected chi connectivity index (χ4v) is 1.97. The fourth-order valence-electron chi connectivity index (χ4n) is 1.97. The van der Waals surface area contributed by atoms with Gasteiger partial charge in [-0.3, -0.25) is 0 Å². The normalized spacial score (nSPS) is 19.8. The van der Waals surface area contributed by atoms with Gasteiger partial charge >= 0.3 is 0 Å². The molecule has 1 N–H and O–H groups in total. The molecule has 1 unspecified atom stereocenters. The standard InChI is InChI=1S/C13H20N2O/c1-3-15(2)13-7-5-4-6-12(13)14-11-8-9-16-10-11/h4-7,11,14H,3,8-10H2,1-2H3. The third kappa shape index (κ3) is 2.47. The first-order chi connectivity index (χ1) is 7.81. The lowest BCUT2D eigenvalue weighted by molar-refractivity contribution is 0.195. The Labute approximate surface area is 97.4 Å². The first-order valence-electron chi connectivity index (χ1n) is 5.95. The van der Waals surface area contributed by atoms with Crippen LogP contribution in [0.25, 0.3) is 0 Å². The van der Waals surface area contributed by atoms with E-state index in [1.807, 2.05) is 0 Å². The molecule has 3 heteroatoms. The largest absolute Gasteiger partial charge is 0.379 e. The van der Waals surface area contributed by atoms with E-state index in [0.717, 1.165) is 26.2 Å². The summed E-state index contributed by atoms with van der Waals surface area (Å²) in [4.78, 5) is 2.25. The van der Waals surface area contributed by atoms with Crippen molar-refractivity contribution >= 4 is 11.4 Å². The quantitative estimate of drug-likeness (QED) is 0.843. The van der Waals surface area contributed by atoms with Crippen LogP contribution in [0.15, 0.2) is 24.3 Å². The van der Waals surface area contributed by atoms with Gasteiger partial charge in [0.2, 0.25) is 0 Å². The van der Waals surface area contributed by atoms with Gasteiger partial charge in [-0.15, -0.1) is 0 Å². The maximum Gasteiger partial charge on any atom is 0.0668 e. The number of benzene rings is 1. The molecule has 1 atom stereocenters. The van der Waals surface area contributed by atoms with Crippen molar-refractivity contribution in [2.45, 2.75) is 19.4 Å². The molecule has 16 heavy (non-hydrogen) atoms. The average molecular weight is 220 g/mol. The molecule has 1 heterocycles. The molecular weight excluding hydrogens is 200 g/mol. The monoisotopic (exact) mass is 220 g/mol. The zero-order valence-electron chi connectivity index (χ0n) is 10.1. The van der Waals surface area contributed by atoms with E-state index in [0.29, 0.717) is 6.04 Å². The predicted octanol–water partition coefficient (Wildman–Crippen LogP) is 2.34. The van der Waals surface area contributed by atoms with Gasteiger partial charge in [0.25, 0.3) is 0 Å². The fraction of sp³-hybridized carbons (Fsp3) is 0.538. The highest BCUT2D eigenvalue weighted by molar-refractivity contribution is 5.70. The average Bonchev–Trinajstić information content (AvgIpc) is 2.82. The van der Waals surface area contributed by atoms with Gasteiger partial charge < -0.3 is 15.0 Å². The maximum atomic E-state index is 5.38. The van der Waals surface area contributed by atoms with Crippen molar-refractivity contribution in [3.05, 3.63) is 24.3 Å². The summed E-state index contributed by atoms with van der Waals surface area (Å²) < 4.78 is 5.38. The van der Waals surface area contributed by atoms with Gasteiger partial charge in [0.15, 0.2) is 0 Å². The Kier molecular flexibility index (Phi) is 3.67. The zero-order valence-corrected chi connectivity index (χ0v) is 10.1. The van der Waals surface area contributed by atoms with E-state index in [2.05, 4.69) is 48.5 Å². The van der Waals surface area contributed by atoms with Gasteiger partial charge in [0, 0.05) is 20.2 Å². The summed E-state index contributed by atoms with van der Waals surface area (Å²) in [5, 5.41) is 3.56.